The first-order valence-corrected chi connectivity index (χ1v) is 10.7. The van der Waals surface area contributed by atoms with Crippen molar-refractivity contribution in [3.63, 3.8) is 0 Å². The smallest absolute Gasteiger partial charge is 0.252 e. The summed E-state index contributed by atoms with van der Waals surface area (Å²) in [5, 5.41) is 3.10. The summed E-state index contributed by atoms with van der Waals surface area (Å²) in [5.41, 5.74) is 0.445. The quantitative estimate of drug-likeness (QED) is 0.778. The van der Waals surface area contributed by atoms with Gasteiger partial charge in [-0.1, -0.05) is 13.8 Å². The Balaban J connectivity index is 1.36. The molecule has 3 saturated heterocycles. The van der Waals surface area contributed by atoms with Gasteiger partial charge in [-0.05, 0) is 44.2 Å². The zero-order chi connectivity index (χ0) is 19.9. The number of carbonyl (C=O) groups excluding carboxylic acids is 1. The summed E-state index contributed by atoms with van der Waals surface area (Å²) in [6.07, 6.45) is 6.67. The topological polar surface area (TPSA) is 63.6 Å². The average Bonchev–Trinajstić information content (AvgIpc) is 3.29. The molecule has 1 spiro atoms. The number of pyridine rings is 1. The Bertz CT molecular complexity index is 789. The number of carbonyl (C=O) groups is 1. The summed E-state index contributed by atoms with van der Waals surface area (Å²) in [7, 11) is 1.67. The Morgan fingerprint density at radius 1 is 1.39 bits per heavy atom. The van der Waals surface area contributed by atoms with Gasteiger partial charge in [0.25, 0.3) is 5.91 Å². The molecule has 3 aliphatic heterocycles. The molecule has 2 bridgehead atoms. The number of likely N-dealkylation sites (tertiary alicyclic amines) is 1. The Hall–Kier alpha value is -1.66. The number of ether oxygens (including phenoxy) is 1. The molecule has 1 amide bonds. The van der Waals surface area contributed by atoms with Gasteiger partial charge in [0.05, 0.1) is 17.3 Å². The van der Waals surface area contributed by atoms with Gasteiger partial charge in [-0.2, -0.15) is 0 Å². The summed E-state index contributed by atoms with van der Waals surface area (Å²) in [6.45, 7) is 8.52. The predicted molar refractivity (Wildman–Crippen MR) is 108 cm³/mol. The highest BCUT2D eigenvalue weighted by molar-refractivity contribution is 5.93. The first-order valence-electron chi connectivity index (χ1n) is 10.7. The minimum absolute atomic E-state index is 0.0224. The van der Waals surface area contributed by atoms with E-state index >= 15 is 0 Å². The van der Waals surface area contributed by atoms with Gasteiger partial charge in [-0.15, -0.1) is 0 Å². The number of nitrogens with zero attached hydrogens (tertiary/aromatic N) is 2. The maximum absolute atomic E-state index is 12.6. The summed E-state index contributed by atoms with van der Waals surface area (Å²) >= 11 is 0. The molecule has 4 rings (SSSR count). The van der Waals surface area contributed by atoms with Gasteiger partial charge in [-0.3, -0.25) is 9.59 Å². The minimum Gasteiger partial charge on any atom is -0.370 e. The van der Waals surface area contributed by atoms with E-state index in [2.05, 4.69) is 24.1 Å². The molecule has 4 heterocycles. The highest BCUT2D eigenvalue weighted by Crippen LogP contribution is 2.54. The molecule has 6 nitrogen and oxygen atoms in total. The number of fused-ring (bicyclic) bond motifs is 1. The largest absolute Gasteiger partial charge is 0.370 e. The Labute approximate surface area is 167 Å². The van der Waals surface area contributed by atoms with E-state index in [0.29, 0.717) is 23.9 Å². The van der Waals surface area contributed by atoms with Gasteiger partial charge >= 0.3 is 0 Å². The molecule has 1 aromatic heterocycles. The summed E-state index contributed by atoms with van der Waals surface area (Å²) in [5.74, 6) is 1.55. The Morgan fingerprint density at radius 2 is 2.21 bits per heavy atom. The number of rotatable bonds is 7. The van der Waals surface area contributed by atoms with E-state index in [9.17, 15) is 9.59 Å². The maximum Gasteiger partial charge on any atom is 0.252 e. The zero-order valence-corrected chi connectivity index (χ0v) is 17.3. The van der Waals surface area contributed by atoms with Crippen LogP contribution in [0.15, 0.2) is 23.1 Å². The molecule has 3 fully saturated rings. The normalized spacial score (nSPS) is 31.5. The van der Waals surface area contributed by atoms with Crippen molar-refractivity contribution in [1.29, 1.82) is 0 Å². The Morgan fingerprint density at radius 3 is 2.96 bits per heavy atom. The van der Waals surface area contributed by atoms with E-state index in [4.69, 9.17) is 4.74 Å². The third kappa shape index (κ3) is 3.64. The third-order valence-corrected chi connectivity index (χ3v) is 6.96. The van der Waals surface area contributed by atoms with Crippen molar-refractivity contribution in [3.05, 3.63) is 34.2 Å². The molecule has 4 atom stereocenters. The number of nitrogens with one attached hydrogen (secondary N) is 1. The molecule has 6 heteroatoms. The monoisotopic (exact) mass is 387 g/mol. The maximum atomic E-state index is 12.6. The SMILES string of the molecule is CC(C)CCCN1C[C@@H]2[C@H](CNC(=O)c3ccc(=O)n(C)c3)[C@H]3CC[C@]2(C1)O3. The van der Waals surface area contributed by atoms with Crippen molar-refractivity contribution in [2.75, 3.05) is 26.2 Å². The lowest BCUT2D eigenvalue weighted by atomic mass is 9.73. The van der Waals surface area contributed by atoms with Crippen molar-refractivity contribution < 1.29 is 9.53 Å². The van der Waals surface area contributed by atoms with Crippen LogP contribution >= 0.6 is 0 Å². The van der Waals surface area contributed by atoms with E-state index in [1.54, 1.807) is 19.3 Å². The number of aryl methyl sites for hydroxylation is 1. The third-order valence-electron chi connectivity index (χ3n) is 6.96. The lowest BCUT2D eigenvalue weighted by Gasteiger charge is -2.29. The highest BCUT2D eigenvalue weighted by Gasteiger charge is 2.62. The number of aromatic nitrogens is 1. The van der Waals surface area contributed by atoms with Crippen LogP contribution in [0.2, 0.25) is 0 Å². The summed E-state index contributed by atoms with van der Waals surface area (Å²) < 4.78 is 7.93. The van der Waals surface area contributed by atoms with Crippen molar-refractivity contribution in [3.8, 4) is 0 Å². The summed E-state index contributed by atoms with van der Waals surface area (Å²) in [4.78, 5) is 26.7. The molecule has 1 N–H and O–H groups in total. The lowest BCUT2D eigenvalue weighted by molar-refractivity contribution is 0.00262. The molecule has 1 aromatic rings. The Kier molecular flexibility index (Phi) is 5.36. The van der Waals surface area contributed by atoms with E-state index in [0.717, 1.165) is 38.4 Å². The van der Waals surface area contributed by atoms with Crippen LogP contribution in [0.4, 0.5) is 0 Å². The second-order valence-corrected chi connectivity index (χ2v) is 9.38. The van der Waals surface area contributed by atoms with Crippen LogP contribution in [0.1, 0.15) is 49.9 Å². The van der Waals surface area contributed by atoms with Crippen LogP contribution in [0.5, 0.6) is 0 Å². The number of hydrogen-bond acceptors (Lipinski definition) is 4. The van der Waals surface area contributed by atoms with E-state index in [1.165, 1.54) is 23.5 Å². The molecule has 0 aliphatic carbocycles. The number of hydrogen-bond donors (Lipinski definition) is 1. The molecule has 0 saturated carbocycles. The fourth-order valence-electron chi connectivity index (χ4n) is 5.49. The fourth-order valence-corrected chi connectivity index (χ4v) is 5.49. The first-order chi connectivity index (χ1) is 13.4. The van der Waals surface area contributed by atoms with Gasteiger partial charge < -0.3 is 19.5 Å². The van der Waals surface area contributed by atoms with Crippen molar-refractivity contribution in [2.24, 2.45) is 24.8 Å². The molecule has 3 aliphatic rings. The van der Waals surface area contributed by atoms with Gasteiger partial charge in [0, 0.05) is 50.8 Å². The van der Waals surface area contributed by atoms with Gasteiger partial charge in [0.1, 0.15) is 0 Å². The highest BCUT2D eigenvalue weighted by atomic mass is 16.5. The van der Waals surface area contributed by atoms with Gasteiger partial charge in [0.15, 0.2) is 0 Å². The van der Waals surface area contributed by atoms with Crippen LogP contribution < -0.4 is 10.9 Å². The molecule has 0 aromatic carbocycles. The summed E-state index contributed by atoms with van der Waals surface area (Å²) in [6, 6.07) is 3.04. The van der Waals surface area contributed by atoms with Crippen LogP contribution in [0, 0.1) is 17.8 Å². The van der Waals surface area contributed by atoms with Gasteiger partial charge in [0.2, 0.25) is 5.56 Å². The van der Waals surface area contributed by atoms with Crippen molar-refractivity contribution in [1.82, 2.24) is 14.8 Å². The predicted octanol–water partition coefficient (Wildman–Crippen LogP) is 2.03. The zero-order valence-electron chi connectivity index (χ0n) is 17.3. The fraction of sp³-hybridized carbons (Fsp3) is 0.727. The minimum atomic E-state index is -0.112. The molecular weight excluding hydrogens is 354 g/mol. The van der Waals surface area contributed by atoms with Crippen molar-refractivity contribution in [2.45, 2.75) is 51.2 Å². The second-order valence-electron chi connectivity index (χ2n) is 9.38. The first kappa shape index (κ1) is 19.6. The van der Waals surface area contributed by atoms with Crippen LogP contribution in [0.3, 0.4) is 0 Å². The van der Waals surface area contributed by atoms with Crippen molar-refractivity contribution >= 4 is 5.91 Å². The average molecular weight is 388 g/mol. The molecule has 0 unspecified atom stereocenters. The lowest BCUT2D eigenvalue weighted by Crippen LogP contribution is -2.42. The number of amides is 1. The van der Waals surface area contributed by atoms with Crippen LogP contribution in [0.25, 0.3) is 0 Å². The molecular formula is C22H33N3O3. The van der Waals surface area contributed by atoms with Crippen LogP contribution in [-0.2, 0) is 11.8 Å². The van der Waals surface area contributed by atoms with E-state index in [-0.39, 0.29) is 23.2 Å². The van der Waals surface area contributed by atoms with E-state index in [1.807, 2.05) is 0 Å². The van der Waals surface area contributed by atoms with Crippen LogP contribution in [-0.4, -0.2) is 53.3 Å². The molecule has 28 heavy (non-hydrogen) atoms. The van der Waals surface area contributed by atoms with E-state index < -0.39 is 0 Å². The standard InChI is InChI=1S/C22H33N3O3/c1-15(2)5-4-10-25-13-18-17(19-8-9-22(18,14-25)28-19)11-23-21(27)16-6-7-20(26)24(3)12-16/h6-7,12,15,17-19H,4-5,8-11,13-14H2,1-3H3,(H,23,27)/t17-,18+,19+,22+/m0/s1. The molecule has 0 radical (unpaired) electrons. The second kappa shape index (κ2) is 7.64. The molecule has 154 valence electrons. The van der Waals surface area contributed by atoms with Gasteiger partial charge in [-0.25, -0.2) is 0 Å².